The third-order valence-corrected chi connectivity index (χ3v) is 7.47. The molecule has 0 bridgehead atoms. The van der Waals surface area contributed by atoms with Crippen molar-refractivity contribution in [2.45, 2.75) is 0 Å². The van der Waals surface area contributed by atoms with Crippen LogP contribution in [0.1, 0.15) is 0 Å². The van der Waals surface area contributed by atoms with E-state index in [0.29, 0.717) is 0 Å². The minimum atomic E-state index is 0.936. The Hall–Kier alpha value is -5.02. The summed E-state index contributed by atoms with van der Waals surface area (Å²) in [5.74, 6) is 0. The summed E-state index contributed by atoms with van der Waals surface area (Å²) in [6.45, 7) is 0. The Morgan fingerprint density at radius 1 is 0.459 bits per heavy atom. The van der Waals surface area contributed by atoms with Crippen molar-refractivity contribution in [3.8, 4) is 16.8 Å². The lowest BCUT2D eigenvalue weighted by atomic mass is 9.97. The van der Waals surface area contributed by atoms with Gasteiger partial charge in [0.05, 0.1) is 27.8 Å². The fraction of sp³-hybridized carbons (Fsp3) is 0. The zero-order valence-electron chi connectivity index (χ0n) is 20.0. The van der Waals surface area contributed by atoms with Gasteiger partial charge >= 0.3 is 0 Å². The molecule has 0 atom stereocenters. The predicted octanol–water partition coefficient (Wildman–Crippen LogP) is 8.70. The number of rotatable bonds is 2. The van der Waals surface area contributed by atoms with E-state index in [1.165, 1.54) is 43.7 Å². The molecule has 2 heterocycles. The number of benzene rings is 6. The van der Waals surface area contributed by atoms with Gasteiger partial charge < -0.3 is 4.57 Å². The normalized spacial score (nSPS) is 11.8. The molecule has 8 rings (SSSR count). The summed E-state index contributed by atoms with van der Waals surface area (Å²) in [5, 5.41) is 7.12. The van der Waals surface area contributed by atoms with Gasteiger partial charge in [0.1, 0.15) is 0 Å². The lowest BCUT2D eigenvalue weighted by Gasteiger charge is -2.16. The van der Waals surface area contributed by atoms with Crippen molar-refractivity contribution in [3.05, 3.63) is 128 Å². The number of hydrogen-bond acceptors (Lipinski definition) is 2. The molecule has 0 radical (unpaired) electrons. The average molecular weight is 472 g/mol. The molecule has 37 heavy (non-hydrogen) atoms. The fourth-order valence-corrected chi connectivity index (χ4v) is 5.95. The highest BCUT2D eigenvalue weighted by Crippen LogP contribution is 2.43. The fourth-order valence-electron chi connectivity index (χ4n) is 5.95. The minimum Gasteiger partial charge on any atom is -0.308 e. The first-order valence-corrected chi connectivity index (χ1v) is 12.5. The largest absolute Gasteiger partial charge is 0.308 e. The molecular formula is C34H21N3. The third-order valence-electron chi connectivity index (χ3n) is 7.47. The van der Waals surface area contributed by atoms with Crippen LogP contribution < -0.4 is 0 Å². The maximum atomic E-state index is 4.82. The van der Waals surface area contributed by atoms with Gasteiger partial charge in [-0.1, -0.05) is 103 Å². The van der Waals surface area contributed by atoms with Gasteiger partial charge in [-0.3, -0.25) is 9.97 Å². The summed E-state index contributed by atoms with van der Waals surface area (Å²) in [6.07, 6.45) is 3.58. The predicted molar refractivity (Wildman–Crippen MR) is 154 cm³/mol. The van der Waals surface area contributed by atoms with Crippen LogP contribution >= 0.6 is 0 Å². The van der Waals surface area contributed by atoms with Gasteiger partial charge in [-0.05, 0) is 23.1 Å². The lowest BCUT2D eigenvalue weighted by Crippen LogP contribution is -1.98. The van der Waals surface area contributed by atoms with Gasteiger partial charge in [-0.2, -0.15) is 0 Å². The highest BCUT2D eigenvalue weighted by Gasteiger charge is 2.20. The SMILES string of the molecule is c1ccc(-c2ccccc2-n2c3ccccc3c3ccc4c5nccnc5c5ccccc5c4c32)cc1. The van der Waals surface area contributed by atoms with Crippen LogP contribution in [0, 0.1) is 0 Å². The quantitative estimate of drug-likeness (QED) is 0.236. The second kappa shape index (κ2) is 7.74. The van der Waals surface area contributed by atoms with E-state index in [2.05, 4.69) is 120 Å². The van der Waals surface area contributed by atoms with E-state index in [1.54, 1.807) is 12.4 Å². The molecule has 0 aliphatic carbocycles. The van der Waals surface area contributed by atoms with Crippen molar-refractivity contribution in [1.29, 1.82) is 0 Å². The molecule has 8 aromatic rings. The van der Waals surface area contributed by atoms with E-state index in [-0.39, 0.29) is 0 Å². The molecule has 0 aliphatic rings. The van der Waals surface area contributed by atoms with Crippen molar-refractivity contribution in [2.75, 3.05) is 0 Å². The molecule has 0 fully saturated rings. The summed E-state index contributed by atoms with van der Waals surface area (Å²) in [4.78, 5) is 9.56. The highest BCUT2D eigenvalue weighted by molar-refractivity contribution is 6.32. The number of hydrogen-bond donors (Lipinski definition) is 0. The maximum absolute atomic E-state index is 4.82. The Kier molecular flexibility index (Phi) is 4.23. The van der Waals surface area contributed by atoms with E-state index < -0.39 is 0 Å². The van der Waals surface area contributed by atoms with Crippen LogP contribution in [-0.2, 0) is 0 Å². The molecule has 0 saturated heterocycles. The van der Waals surface area contributed by atoms with Crippen molar-refractivity contribution in [3.63, 3.8) is 0 Å². The number of para-hydroxylation sites is 2. The molecule has 0 unspecified atom stereocenters. The van der Waals surface area contributed by atoms with E-state index in [1.807, 2.05) is 0 Å². The minimum absolute atomic E-state index is 0.936. The molecule has 0 N–H and O–H groups in total. The Morgan fingerprint density at radius 3 is 1.92 bits per heavy atom. The Bertz CT molecular complexity index is 2100. The first kappa shape index (κ1) is 20.2. The number of aromatic nitrogens is 3. The van der Waals surface area contributed by atoms with E-state index >= 15 is 0 Å². The van der Waals surface area contributed by atoms with Gasteiger partial charge in [-0.15, -0.1) is 0 Å². The first-order valence-electron chi connectivity index (χ1n) is 12.5. The van der Waals surface area contributed by atoms with Crippen molar-refractivity contribution in [2.24, 2.45) is 0 Å². The Labute approximate surface area is 213 Å². The van der Waals surface area contributed by atoms with Crippen LogP contribution in [0.2, 0.25) is 0 Å². The average Bonchev–Trinajstić information content (AvgIpc) is 3.32. The van der Waals surface area contributed by atoms with Crippen LogP contribution in [0.3, 0.4) is 0 Å². The molecule has 3 heteroatoms. The van der Waals surface area contributed by atoms with Crippen LogP contribution in [0.15, 0.2) is 128 Å². The van der Waals surface area contributed by atoms with Gasteiger partial charge in [0.25, 0.3) is 0 Å². The van der Waals surface area contributed by atoms with Gasteiger partial charge in [0, 0.05) is 44.9 Å². The summed E-state index contributed by atoms with van der Waals surface area (Å²) >= 11 is 0. The standard InChI is InChI=1S/C34H21N3/c1-2-10-22(11-3-1)23-12-6-8-16-29(23)37-30-17-9-7-13-24(30)27-18-19-28-31(34(27)37)25-14-4-5-15-26(25)32-33(28)36-21-20-35-32/h1-21H. The van der Waals surface area contributed by atoms with Gasteiger partial charge in [-0.25, -0.2) is 0 Å². The highest BCUT2D eigenvalue weighted by atomic mass is 15.0. The third kappa shape index (κ3) is 2.82. The summed E-state index contributed by atoms with van der Waals surface area (Å²) in [6, 6.07) is 41.1. The van der Waals surface area contributed by atoms with Crippen LogP contribution in [-0.4, -0.2) is 14.5 Å². The van der Waals surface area contributed by atoms with Crippen LogP contribution in [0.4, 0.5) is 0 Å². The molecule has 0 spiro atoms. The molecule has 0 aliphatic heterocycles. The van der Waals surface area contributed by atoms with E-state index in [0.717, 1.165) is 27.5 Å². The molecule has 2 aromatic heterocycles. The maximum Gasteiger partial charge on any atom is 0.0972 e. The summed E-state index contributed by atoms with van der Waals surface area (Å²) < 4.78 is 2.45. The second-order valence-corrected chi connectivity index (χ2v) is 9.42. The van der Waals surface area contributed by atoms with Crippen molar-refractivity contribution >= 4 is 54.4 Å². The zero-order chi connectivity index (χ0) is 24.3. The van der Waals surface area contributed by atoms with Crippen molar-refractivity contribution < 1.29 is 0 Å². The second-order valence-electron chi connectivity index (χ2n) is 9.42. The molecule has 172 valence electrons. The van der Waals surface area contributed by atoms with Crippen molar-refractivity contribution in [1.82, 2.24) is 14.5 Å². The molecule has 0 saturated carbocycles. The number of nitrogens with zero attached hydrogens (tertiary/aromatic N) is 3. The smallest absolute Gasteiger partial charge is 0.0972 e. The molecule has 6 aromatic carbocycles. The van der Waals surface area contributed by atoms with E-state index in [4.69, 9.17) is 9.97 Å². The monoisotopic (exact) mass is 471 g/mol. The zero-order valence-corrected chi connectivity index (χ0v) is 20.0. The summed E-state index contributed by atoms with van der Waals surface area (Å²) in [5.41, 5.74) is 7.83. The first-order chi connectivity index (χ1) is 18.4. The van der Waals surface area contributed by atoms with Gasteiger partial charge in [0.15, 0.2) is 0 Å². The molecular weight excluding hydrogens is 450 g/mol. The molecule has 0 amide bonds. The number of fused-ring (bicyclic) bond motifs is 10. The Morgan fingerprint density at radius 2 is 1.08 bits per heavy atom. The van der Waals surface area contributed by atoms with Crippen LogP contribution in [0.5, 0.6) is 0 Å². The van der Waals surface area contributed by atoms with E-state index in [9.17, 15) is 0 Å². The lowest BCUT2D eigenvalue weighted by molar-refractivity contribution is 1.19. The van der Waals surface area contributed by atoms with Crippen LogP contribution in [0.25, 0.3) is 71.2 Å². The topological polar surface area (TPSA) is 30.7 Å². The molecule has 3 nitrogen and oxygen atoms in total. The van der Waals surface area contributed by atoms with Gasteiger partial charge in [0.2, 0.25) is 0 Å². The Balaban J connectivity index is 1.66. The summed E-state index contributed by atoms with van der Waals surface area (Å²) in [7, 11) is 0.